The molecule has 2 aromatic carbocycles. The molecule has 0 saturated carbocycles. The zero-order valence-electron chi connectivity index (χ0n) is 13.0. The molecule has 2 N–H and O–H groups in total. The number of benzene rings is 2. The van der Waals surface area contributed by atoms with Crippen LogP contribution >= 0.6 is 0 Å². The summed E-state index contributed by atoms with van der Waals surface area (Å²) in [5, 5.41) is 12.5. The lowest BCUT2D eigenvalue weighted by Gasteiger charge is -2.18. The quantitative estimate of drug-likeness (QED) is 0.855. The molecule has 3 rings (SSSR count). The summed E-state index contributed by atoms with van der Waals surface area (Å²) in [6.07, 6.45) is 0.0991. The smallest absolute Gasteiger partial charge is 0.256 e. The molecule has 5 nitrogen and oxygen atoms in total. The first kappa shape index (κ1) is 15.1. The highest BCUT2D eigenvalue weighted by molar-refractivity contribution is 6.23. The molecule has 0 aromatic heterocycles. The fourth-order valence-corrected chi connectivity index (χ4v) is 2.76. The van der Waals surface area contributed by atoms with Crippen LogP contribution in [-0.4, -0.2) is 23.0 Å². The third-order valence-electron chi connectivity index (χ3n) is 3.94. The zero-order chi connectivity index (χ0) is 16.6. The van der Waals surface area contributed by atoms with Crippen molar-refractivity contribution in [3.8, 4) is 5.75 Å². The van der Waals surface area contributed by atoms with E-state index in [2.05, 4.69) is 5.32 Å². The van der Waals surface area contributed by atoms with Gasteiger partial charge in [0.15, 0.2) is 0 Å². The van der Waals surface area contributed by atoms with Crippen LogP contribution in [0.15, 0.2) is 42.5 Å². The minimum Gasteiger partial charge on any atom is -0.508 e. The maximum atomic E-state index is 12.6. The monoisotopic (exact) mass is 310 g/mol. The van der Waals surface area contributed by atoms with Crippen LogP contribution in [0.1, 0.15) is 17.5 Å². The molecule has 118 valence electrons. The molecule has 0 spiro atoms. The number of nitrogens with one attached hydrogen (secondary N) is 1. The van der Waals surface area contributed by atoms with Gasteiger partial charge in [0.1, 0.15) is 11.8 Å². The second-order valence-electron chi connectivity index (χ2n) is 5.81. The molecular weight excluding hydrogens is 292 g/mol. The average molecular weight is 310 g/mol. The Morgan fingerprint density at radius 2 is 1.91 bits per heavy atom. The lowest BCUT2D eigenvalue weighted by Crippen LogP contribution is -2.35. The van der Waals surface area contributed by atoms with Crippen LogP contribution in [0.2, 0.25) is 0 Å². The second-order valence-corrected chi connectivity index (χ2v) is 5.81. The van der Waals surface area contributed by atoms with Gasteiger partial charge in [0.05, 0.1) is 12.1 Å². The molecule has 23 heavy (non-hydrogen) atoms. The van der Waals surface area contributed by atoms with E-state index in [4.69, 9.17) is 0 Å². The van der Waals surface area contributed by atoms with Gasteiger partial charge in [-0.3, -0.25) is 9.59 Å². The van der Waals surface area contributed by atoms with Crippen molar-refractivity contribution in [3.63, 3.8) is 0 Å². The Morgan fingerprint density at radius 1 is 1.13 bits per heavy atom. The molecular formula is C18H18N2O3. The van der Waals surface area contributed by atoms with Gasteiger partial charge < -0.3 is 10.4 Å². The van der Waals surface area contributed by atoms with Crippen molar-refractivity contribution in [2.45, 2.75) is 26.3 Å². The number of carbonyl (C=O) groups is 2. The highest BCUT2D eigenvalue weighted by Crippen LogP contribution is 2.29. The summed E-state index contributed by atoms with van der Waals surface area (Å²) < 4.78 is 0. The first-order valence-electron chi connectivity index (χ1n) is 7.45. The third kappa shape index (κ3) is 2.90. The van der Waals surface area contributed by atoms with Crippen molar-refractivity contribution < 1.29 is 14.7 Å². The van der Waals surface area contributed by atoms with Gasteiger partial charge in [-0.2, -0.15) is 0 Å². The topological polar surface area (TPSA) is 69.6 Å². The first-order chi connectivity index (χ1) is 11.0. The van der Waals surface area contributed by atoms with Gasteiger partial charge in [-0.15, -0.1) is 0 Å². The molecule has 1 aliphatic rings. The number of phenols is 1. The van der Waals surface area contributed by atoms with Gasteiger partial charge in [0.25, 0.3) is 5.91 Å². The minimum absolute atomic E-state index is 0.0991. The van der Waals surface area contributed by atoms with E-state index >= 15 is 0 Å². The number of imide groups is 1. The Hall–Kier alpha value is -2.82. The molecule has 1 atom stereocenters. The molecule has 1 aliphatic heterocycles. The highest BCUT2D eigenvalue weighted by Gasteiger charge is 2.40. The van der Waals surface area contributed by atoms with Gasteiger partial charge in [-0.1, -0.05) is 18.2 Å². The number of phenolic OH excluding ortho intramolecular Hbond substituents is 1. The molecule has 0 radical (unpaired) electrons. The van der Waals surface area contributed by atoms with Crippen LogP contribution in [0.5, 0.6) is 5.75 Å². The van der Waals surface area contributed by atoms with Crippen molar-refractivity contribution in [3.05, 3.63) is 53.6 Å². The number of nitrogens with zero attached hydrogens (tertiary/aromatic N) is 1. The summed E-state index contributed by atoms with van der Waals surface area (Å²) in [5.41, 5.74) is 3.13. The Balaban J connectivity index is 1.87. The van der Waals surface area contributed by atoms with E-state index in [0.717, 1.165) is 11.1 Å². The predicted octanol–water partition coefficient (Wildman–Crippen LogP) is 2.75. The number of aryl methyl sites for hydroxylation is 2. The molecule has 1 unspecified atom stereocenters. The second kappa shape index (κ2) is 5.76. The van der Waals surface area contributed by atoms with E-state index in [1.807, 2.05) is 32.0 Å². The molecule has 1 heterocycles. The summed E-state index contributed by atoms with van der Waals surface area (Å²) in [6, 6.07) is 11.6. The number of rotatable bonds is 3. The van der Waals surface area contributed by atoms with Crippen LogP contribution in [0.4, 0.5) is 11.4 Å². The number of aromatic hydroxyl groups is 1. The van der Waals surface area contributed by atoms with Crippen molar-refractivity contribution in [1.82, 2.24) is 0 Å². The number of hydrogen-bond acceptors (Lipinski definition) is 4. The predicted molar refractivity (Wildman–Crippen MR) is 88.5 cm³/mol. The summed E-state index contributed by atoms with van der Waals surface area (Å²) in [6.45, 7) is 3.81. The molecule has 2 aromatic rings. The van der Waals surface area contributed by atoms with Gasteiger partial charge in [0, 0.05) is 11.8 Å². The van der Waals surface area contributed by atoms with E-state index in [0.29, 0.717) is 11.4 Å². The van der Waals surface area contributed by atoms with Crippen LogP contribution < -0.4 is 10.2 Å². The number of anilines is 2. The number of amides is 2. The molecule has 0 aliphatic carbocycles. The average Bonchev–Trinajstić information content (AvgIpc) is 2.76. The fourth-order valence-electron chi connectivity index (χ4n) is 2.76. The summed E-state index contributed by atoms with van der Waals surface area (Å²) >= 11 is 0. The van der Waals surface area contributed by atoms with E-state index in [1.165, 1.54) is 11.0 Å². The van der Waals surface area contributed by atoms with Gasteiger partial charge >= 0.3 is 0 Å². The molecule has 0 bridgehead atoms. The lowest BCUT2D eigenvalue weighted by molar-refractivity contribution is -0.121. The first-order valence-corrected chi connectivity index (χ1v) is 7.45. The highest BCUT2D eigenvalue weighted by atomic mass is 16.3. The largest absolute Gasteiger partial charge is 0.508 e. The maximum Gasteiger partial charge on any atom is 0.256 e. The van der Waals surface area contributed by atoms with Gasteiger partial charge in [-0.05, 0) is 43.2 Å². The van der Waals surface area contributed by atoms with Crippen molar-refractivity contribution in [2.24, 2.45) is 0 Å². The van der Waals surface area contributed by atoms with E-state index < -0.39 is 6.04 Å². The standard InChI is InChI=1S/C18H18N2O3/c1-11-6-7-12(2)16(8-11)20-17(22)10-15(18(20)23)19-13-4-3-5-14(21)9-13/h3-9,15,19,21H,10H2,1-2H3. The maximum absolute atomic E-state index is 12.6. The van der Waals surface area contributed by atoms with Crippen LogP contribution in [0.25, 0.3) is 0 Å². The molecule has 1 fully saturated rings. The van der Waals surface area contributed by atoms with Crippen molar-refractivity contribution >= 4 is 23.2 Å². The Kier molecular flexibility index (Phi) is 3.78. The number of carbonyl (C=O) groups excluding carboxylic acids is 2. The summed E-state index contributed by atoms with van der Waals surface area (Å²) in [7, 11) is 0. The van der Waals surface area contributed by atoms with Crippen LogP contribution in [-0.2, 0) is 9.59 Å². The van der Waals surface area contributed by atoms with Gasteiger partial charge in [0.2, 0.25) is 5.91 Å². The zero-order valence-corrected chi connectivity index (χ0v) is 13.0. The molecule has 1 saturated heterocycles. The Bertz CT molecular complexity index is 786. The SMILES string of the molecule is Cc1ccc(C)c(N2C(=O)CC(Nc3cccc(O)c3)C2=O)c1. The number of hydrogen-bond donors (Lipinski definition) is 2. The van der Waals surface area contributed by atoms with E-state index in [-0.39, 0.29) is 24.0 Å². The van der Waals surface area contributed by atoms with Crippen LogP contribution in [0, 0.1) is 13.8 Å². The normalized spacial score (nSPS) is 17.7. The third-order valence-corrected chi connectivity index (χ3v) is 3.94. The minimum atomic E-state index is -0.621. The molecule has 2 amide bonds. The van der Waals surface area contributed by atoms with Crippen molar-refractivity contribution in [1.29, 1.82) is 0 Å². The fraction of sp³-hybridized carbons (Fsp3) is 0.222. The van der Waals surface area contributed by atoms with Crippen LogP contribution in [0.3, 0.4) is 0 Å². The Labute approximate surface area is 134 Å². The van der Waals surface area contributed by atoms with Gasteiger partial charge in [-0.25, -0.2) is 4.90 Å². The molecule has 5 heteroatoms. The summed E-state index contributed by atoms with van der Waals surface area (Å²) in [5.74, 6) is -0.383. The van der Waals surface area contributed by atoms with Crippen molar-refractivity contribution in [2.75, 3.05) is 10.2 Å². The Morgan fingerprint density at radius 3 is 2.65 bits per heavy atom. The lowest BCUT2D eigenvalue weighted by atomic mass is 10.1. The van der Waals surface area contributed by atoms with E-state index in [9.17, 15) is 14.7 Å². The van der Waals surface area contributed by atoms with E-state index in [1.54, 1.807) is 18.2 Å². The summed E-state index contributed by atoms with van der Waals surface area (Å²) in [4.78, 5) is 26.2.